The second-order valence-electron chi connectivity index (χ2n) is 5.54. The Morgan fingerprint density at radius 3 is 2.48 bits per heavy atom. The number of nitro benzene ring substituents is 1. The van der Waals surface area contributed by atoms with Crippen molar-refractivity contribution >= 4 is 11.7 Å². The zero-order chi connectivity index (χ0) is 19.2. The molecule has 2 aromatic carbocycles. The number of hydrogen-bond acceptors (Lipinski definition) is 7. The lowest BCUT2D eigenvalue weighted by atomic mass is 10.2. The van der Waals surface area contributed by atoms with E-state index in [-0.39, 0.29) is 17.9 Å². The van der Waals surface area contributed by atoms with Crippen LogP contribution in [0.25, 0.3) is 11.3 Å². The number of methoxy groups -OCH3 is 1. The number of non-ortho nitro benzene ring substituents is 1. The molecule has 0 aliphatic rings. The summed E-state index contributed by atoms with van der Waals surface area (Å²) < 4.78 is 15.7. The molecule has 0 aliphatic carbocycles. The Morgan fingerprint density at radius 1 is 1.15 bits per heavy atom. The quantitative estimate of drug-likeness (QED) is 0.356. The lowest BCUT2D eigenvalue weighted by Gasteiger charge is -2.03. The number of benzene rings is 2. The second kappa shape index (κ2) is 8.13. The summed E-state index contributed by atoms with van der Waals surface area (Å²) in [6.45, 7) is 0.0817. The molecule has 0 radical (unpaired) electrons. The smallest absolute Gasteiger partial charge is 0.338 e. The van der Waals surface area contributed by atoms with Crippen molar-refractivity contribution in [1.82, 2.24) is 4.98 Å². The van der Waals surface area contributed by atoms with E-state index in [2.05, 4.69) is 4.98 Å². The SMILES string of the molecule is COc1ccc(-c2coc(CCOC(=O)c3ccc([N+](=O)[O-])cc3)n2)cc1. The molecule has 27 heavy (non-hydrogen) atoms. The Labute approximate surface area is 154 Å². The van der Waals surface area contributed by atoms with Crippen molar-refractivity contribution < 1.29 is 23.6 Å². The molecule has 0 unspecified atom stereocenters. The van der Waals surface area contributed by atoms with E-state index in [0.29, 0.717) is 18.0 Å². The van der Waals surface area contributed by atoms with Gasteiger partial charge in [0, 0.05) is 17.7 Å². The lowest BCUT2D eigenvalue weighted by Crippen LogP contribution is -2.08. The van der Waals surface area contributed by atoms with Crippen molar-refractivity contribution in [2.24, 2.45) is 0 Å². The van der Waals surface area contributed by atoms with Gasteiger partial charge in [-0.2, -0.15) is 0 Å². The van der Waals surface area contributed by atoms with E-state index < -0.39 is 10.9 Å². The number of nitrogens with zero attached hydrogens (tertiary/aromatic N) is 2. The topological polar surface area (TPSA) is 105 Å². The fourth-order valence-corrected chi connectivity index (χ4v) is 2.35. The molecule has 8 heteroatoms. The average Bonchev–Trinajstić information content (AvgIpc) is 3.17. The third-order valence-electron chi connectivity index (χ3n) is 3.80. The normalized spacial score (nSPS) is 10.4. The van der Waals surface area contributed by atoms with Gasteiger partial charge in [-0.1, -0.05) is 0 Å². The van der Waals surface area contributed by atoms with Crippen LogP contribution in [0.1, 0.15) is 16.2 Å². The number of hydrogen-bond donors (Lipinski definition) is 0. The molecule has 0 N–H and O–H groups in total. The van der Waals surface area contributed by atoms with Crippen molar-refractivity contribution in [2.75, 3.05) is 13.7 Å². The maximum atomic E-state index is 11.9. The molecule has 0 fully saturated rings. The summed E-state index contributed by atoms with van der Waals surface area (Å²) in [4.78, 5) is 26.4. The standard InChI is InChI=1S/C19H16N2O6/c1-25-16-8-4-13(5-9-16)17-12-27-18(20-17)10-11-26-19(22)14-2-6-15(7-3-14)21(23)24/h2-9,12H,10-11H2,1H3. The van der Waals surface area contributed by atoms with E-state index in [4.69, 9.17) is 13.9 Å². The van der Waals surface area contributed by atoms with Gasteiger partial charge in [0.15, 0.2) is 5.89 Å². The van der Waals surface area contributed by atoms with Crippen LogP contribution in [0, 0.1) is 10.1 Å². The Kier molecular flexibility index (Phi) is 5.46. The number of carbonyl (C=O) groups is 1. The number of nitro groups is 1. The van der Waals surface area contributed by atoms with Crippen molar-refractivity contribution in [3.8, 4) is 17.0 Å². The molecule has 0 saturated heterocycles. The van der Waals surface area contributed by atoms with Gasteiger partial charge in [-0.3, -0.25) is 10.1 Å². The minimum atomic E-state index is -0.563. The van der Waals surface area contributed by atoms with Crippen LogP contribution >= 0.6 is 0 Å². The van der Waals surface area contributed by atoms with Gasteiger partial charge in [0.1, 0.15) is 24.3 Å². The molecule has 3 rings (SSSR count). The van der Waals surface area contributed by atoms with E-state index >= 15 is 0 Å². The number of oxazole rings is 1. The van der Waals surface area contributed by atoms with E-state index in [1.54, 1.807) is 7.11 Å². The third kappa shape index (κ3) is 4.49. The molecule has 138 valence electrons. The average molecular weight is 368 g/mol. The minimum absolute atomic E-state index is 0.0817. The number of carbonyl (C=O) groups excluding carboxylic acids is 1. The van der Waals surface area contributed by atoms with Gasteiger partial charge in [-0.25, -0.2) is 9.78 Å². The molecule has 0 atom stereocenters. The van der Waals surface area contributed by atoms with Gasteiger partial charge < -0.3 is 13.9 Å². The van der Waals surface area contributed by atoms with Crippen LogP contribution in [0.15, 0.2) is 59.2 Å². The fraction of sp³-hybridized carbons (Fsp3) is 0.158. The summed E-state index contributed by atoms with van der Waals surface area (Å²) >= 11 is 0. The van der Waals surface area contributed by atoms with Crippen LogP contribution in [-0.2, 0) is 11.2 Å². The molecule has 0 spiro atoms. The highest BCUT2D eigenvalue weighted by Gasteiger charge is 2.12. The predicted molar refractivity (Wildman–Crippen MR) is 95.6 cm³/mol. The summed E-state index contributed by atoms with van der Waals surface area (Å²) in [5.41, 5.74) is 1.72. The summed E-state index contributed by atoms with van der Waals surface area (Å²) in [5.74, 6) is 0.629. The van der Waals surface area contributed by atoms with Gasteiger partial charge in [-0.15, -0.1) is 0 Å². The third-order valence-corrected chi connectivity index (χ3v) is 3.80. The molecule has 3 aromatic rings. The van der Waals surface area contributed by atoms with Crippen molar-refractivity contribution in [3.63, 3.8) is 0 Å². The first-order valence-electron chi connectivity index (χ1n) is 8.07. The van der Waals surface area contributed by atoms with Gasteiger partial charge in [0.25, 0.3) is 5.69 Å². The molecule has 8 nitrogen and oxygen atoms in total. The van der Waals surface area contributed by atoms with Gasteiger partial charge in [0.2, 0.25) is 0 Å². The van der Waals surface area contributed by atoms with Crippen molar-refractivity contribution in [1.29, 1.82) is 0 Å². The Bertz CT molecular complexity index is 932. The summed E-state index contributed by atoms with van der Waals surface area (Å²) in [7, 11) is 1.60. The van der Waals surface area contributed by atoms with Gasteiger partial charge in [0.05, 0.1) is 24.0 Å². The van der Waals surface area contributed by atoms with E-state index in [1.807, 2.05) is 24.3 Å². The Balaban J connectivity index is 1.53. The lowest BCUT2D eigenvalue weighted by molar-refractivity contribution is -0.384. The van der Waals surface area contributed by atoms with Crippen LogP contribution in [0.5, 0.6) is 5.75 Å². The van der Waals surface area contributed by atoms with Gasteiger partial charge in [-0.05, 0) is 36.4 Å². The van der Waals surface area contributed by atoms with Gasteiger partial charge >= 0.3 is 5.97 Å². The first kappa shape index (κ1) is 18.1. The molecule has 0 amide bonds. The van der Waals surface area contributed by atoms with Crippen LogP contribution in [0.4, 0.5) is 5.69 Å². The molecule has 0 aliphatic heterocycles. The van der Waals surface area contributed by atoms with Crippen molar-refractivity contribution in [2.45, 2.75) is 6.42 Å². The summed E-state index contributed by atoms with van der Waals surface area (Å²) in [6, 6.07) is 12.6. The van der Waals surface area contributed by atoms with Crippen LogP contribution in [0.3, 0.4) is 0 Å². The largest absolute Gasteiger partial charge is 0.497 e. The zero-order valence-electron chi connectivity index (χ0n) is 14.5. The van der Waals surface area contributed by atoms with Crippen LogP contribution in [-0.4, -0.2) is 29.6 Å². The number of rotatable bonds is 7. The first-order chi connectivity index (χ1) is 13.1. The Hall–Kier alpha value is -3.68. The molecule has 0 saturated carbocycles. The minimum Gasteiger partial charge on any atom is -0.497 e. The maximum absolute atomic E-state index is 11.9. The highest BCUT2D eigenvalue weighted by molar-refractivity contribution is 5.89. The predicted octanol–water partition coefficient (Wildman–Crippen LogP) is 3.66. The highest BCUT2D eigenvalue weighted by atomic mass is 16.6. The summed E-state index contributed by atoms with van der Waals surface area (Å²) in [6.07, 6.45) is 1.85. The second-order valence-corrected chi connectivity index (χ2v) is 5.54. The number of ether oxygens (including phenoxy) is 2. The summed E-state index contributed by atoms with van der Waals surface area (Å²) in [5, 5.41) is 10.6. The highest BCUT2D eigenvalue weighted by Crippen LogP contribution is 2.22. The molecular weight excluding hydrogens is 352 g/mol. The monoisotopic (exact) mass is 368 g/mol. The zero-order valence-corrected chi connectivity index (χ0v) is 14.5. The maximum Gasteiger partial charge on any atom is 0.338 e. The molecule has 1 heterocycles. The van der Waals surface area contributed by atoms with Crippen LogP contribution < -0.4 is 4.74 Å². The van der Waals surface area contributed by atoms with E-state index in [1.165, 1.54) is 30.5 Å². The Morgan fingerprint density at radius 2 is 1.85 bits per heavy atom. The first-order valence-corrected chi connectivity index (χ1v) is 8.07. The molecular formula is C19H16N2O6. The molecule has 0 bridgehead atoms. The fourth-order valence-electron chi connectivity index (χ4n) is 2.35. The number of aromatic nitrogens is 1. The number of esters is 1. The van der Waals surface area contributed by atoms with E-state index in [9.17, 15) is 14.9 Å². The molecule has 1 aromatic heterocycles. The van der Waals surface area contributed by atoms with E-state index in [0.717, 1.165) is 11.3 Å². The van der Waals surface area contributed by atoms with Crippen LogP contribution in [0.2, 0.25) is 0 Å². The van der Waals surface area contributed by atoms with Crippen molar-refractivity contribution in [3.05, 3.63) is 76.4 Å².